The highest BCUT2D eigenvalue weighted by Gasteiger charge is 2.18. The fourth-order valence-electron chi connectivity index (χ4n) is 1.72. The molecule has 1 aliphatic heterocycles. The van der Waals surface area contributed by atoms with E-state index in [4.69, 9.17) is 5.11 Å². The Kier molecular flexibility index (Phi) is 1.84. The fourth-order valence-corrected chi connectivity index (χ4v) is 1.72. The molecule has 0 atom stereocenters. The third-order valence-corrected chi connectivity index (χ3v) is 2.43. The molecule has 0 saturated heterocycles. The van der Waals surface area contributed by atoms with Gasteiger partial charge in [0.25, 0.3) is 0 Å². The SMILES string of the molecule is CN1CCn2c(ccc2C(=O)O)C1. The minimum atomic E-state index is -0.837. The molecule has 2 heterocycles. The molecule has 0 radical (unpaired) electrons. The first kappa shape index (κ1) is 8.31. The summed E-state index contributed by atoms with van der Waals surface area (Å²) >= 11 is 0. The zero-order valence-corrected chi connectivity index (χ0v) is 7.53. The van der Waals surface area contributed by atoms with Gasteiger partial charge in [0.2, 0.25) is 0 Å². The first-order valence-electron chi connectivity index (χ1n) is 4.29. The van der Waals surface area contributed by atoms with Crippen molar-refractivity contribution in [2.75, 3.05) is 13.6 Å². The Labute approximate surface area is 76.4 Å². The van der Waals surface area contributed by atoms with Crippen LogP contribution in [0.4, 0.5) is 0 Å². The van der Waals surface area contributed by atoms with E-state index in [0.29, 0.717) is 5.69 Å². The Morgan fingerprint density at radius 1 is 1.46 bits per heavy atom. The Morgan fingerprint density at radius 2 is 2.23 bits per heavy atom. The Balaban J connectivity index is 2.39. The highest BCUT2D eigenvalue weighted by molar-refractivity contribution is 5.86. The van der Waals surface area contributed by atoms with Crippen molar-refractivity contribution < 1.29 is 9.90 Å². The number of likely N-dealkylation sites (N-methyl/N-ethyl adjacent to an activating group) is 1. The molecule has 13 heavy (non-hydrogen) atoms. The molecule has 4 nitrogen and oxygen atoms in total. The molecule has 1 aromatic heterocycles. The second kappa shape index (κ2) is 2.88. The van der Waals surface area contributed by atoms with E-state index in [1.54, 1.807) is 6.07 Å². The van der Waals surface area contributed by atoms with Crippen molar-refractivity contribution in [2.45, 2.75) is 13.1 Å². The number of fused-ring (bicyclic) bond motifs is 1. The predicted molar refractivity (Wildman–Crippen MR) is 47.7 cm³/mol. The number of carbonyl (C=O) groups is 1. The predicted octanol–water partition coefficient (Wildman–Crippen LogP) is 0.632. The number of rotatable bonds is 1. The van der Waals surface area contributed by atoms with Crippen LogP contribution >= 0.6 is 0 Å². The maximum absolute atomic E-state index is 10.8. The van der Waals surface area contributed by atoms with Crippen LogP contribution in [0.25, 0.3) is 0 Å². The van der Waals surface area contributed by atoms with Crippen molar-refractivity contribution in [2.24, 2.45) is 0 Å². The Hall–Kier alpha value is -1.29. The second-order valence-corrected chi connectivity index (χ2v) is 3.40. The molecule has 0 aliphatic carbocycles. The summed E-state index contributed by atoms with van der Waals surface area (Å²) in [6.45, 7) is 2.54. The lowest BCUT2D eigenvalue weighted by Crippen LogP contribution is -2.31. The van der Waals surface area contributed by atoms with Crippen molar-refractivity contribution in [1.82, 2.24) is 9.47 Å². The molecular formula is C9H12N2O2. The van der Waals surface area contributed by atoms with Gasteiger partial charge >= 0.3 is 5.97 Å². The molecule has 1 N–H and O–H groups in total. The van der Waals surface area contributed by atoms with Crippen LogP contribution in [-0.4, -0.2) is 34.1 Å². The standard InChI is InChI=1S/C9H12N2O2/c1-10-4-5-11-7(6-10)2-3-8(11)9(12)13/h2-3H,4-6H2,1H3,(H,12,13). The van der Waals surface area contributed by atoms with E-state index in [2.05, 4.69) is 4.90 Å². The van der Waals surface area contributed by atoms with Crippen molar-refractivity contribution in [3.63, 3.8) is 0 Å². The smallest absolute Gasteiger partial charge is 0.352 e. The summed E-state index contributed by atoms with van der Waals surface area (Å²) in [5.41, 5.74) is 1.49. The van der Waals surface area contributed by atoms with E-state index in [9.17, 15) is 4.79 Å². The molecule has 0 amide bonds. The average Bonchev–Trinajstić information content (AvgIpc) is 2.46. The van der Waals surface area contributed by atoms with Gasteiger partial charge < -0.3 is 9.67 Å². The largest absolute Gasteiger partial charge is 0.477 e. The van der Waals surface area contributed by atoms with E-state index in [-0.39, 0.29) is 0 Å². The summed E-state index contributed by atoms with van der Waals surface area (Å²) in [5.74, 6) is -0.837. The highest BCUT2D eigenvalue weighted by Crippen LogP contribution is 2.15. The van der Waals surface area contributed by atoms with Gasteiger partial charge in [0.1, 0.15) is 5.69 Å². The maximum Gasteiger partial charge on any atom is 0.352 e. The lowest BCUT2D eigenvalue weighted by atomic mass is 10.3. The van der Waals surface area contributed by atoms with Crippen molar-refractivity contribution in [1.29, 1.82) is 0 Å². The van der Waals surface area contributed by atoms with Gasteiger partial charge in [-0.15, -0.1) is 0 Å². The van der Waals surface area contributed by atoms with Gasteiger partial charge in [-0.2, -0.15) is 0 Å². The van der Waals surface area contributed by atoms with E-state index in [0.717, 1.165) is 25.3 Å². The quantitative estimate of drug-likeness (QED) is 0.689. The first-order valence-corrected chi connectivity index (χ1v) is 4.29. The molecule has 0 bridgehead atoms. The fraction of sp³-hybridized carbons (Fsp3) is 0.444. The van der Waals surface area contributed by atoms with Gasteiger partial charge in [0.05, 0.1) is 0 Å². The molecule has 0 aromatic carbocycles. The number of hydrogen-bond acceptors (Lipinski definition) is 2. The molecule has 0 fully saturated rings. The summed E-state index contributed by atoms with van der Waals surface area (Å²) in [5, 5.41) is 8.86. The van der Waals surface area contributed by atoms with Crippen LogP contribution in [0.15, 0.2) is 12.1 Å². The van der Waals surface area contributed by atoms with Crippen LogP contribution < -0.4 is 0 Å². The Morgan fingerprint density at radius 3 is 2.92 bits per heavy atom. The van der Waals surface area contributed by atoms with Crippen LogP contribution in [0.2, 0.25) is 0 Å². The first-order chi connectivity index (χ1) is 6.18. The van der Waals surface area contributed by atoms with E-state index in [1.165, 1.54) is 0 Å². The molecule has 0 spiro atoms. The third-order valence-electron chi connectivity index (χ3n) is 2.43. The molecule has 2 rings (SSSR count). The topological polar surface area (TPSA) is 45.5 Å². The van der Waals surface area contributed by atoms with Crippen LogP contribution in [-0.2, 0) is 13.1 Å². The average molecular weight is 180 g/mol. The lowest BCUT2D eigenvalue weighted by Gasteiger charge is -2.25. The van der Waals surface area contributed by atoms with Crippen molar-refractivity contribution >= 4 is 5.97 Å². The number of nitrogens with zero attached hydrogens (tertiary/aromatic N) is 2. The number of carboxylic acid groups (broad SMARTS) is 1. The molecule has 70 valence electrons. The van der Waals surface area contributed by atoms with Gasteiger partial charge in [-0.25, -0.2) is 4.79 Å². The van der Waals surface area contributed by atoms with Gasteiger partial charge in [0.15, 0.2) is 0 Å². The zero-order valence-electron chi connectivity index (χ0n) is 7.53. The monoisotopic (exact) mass is 180 g/mol. The molecular weight excluding hydrogens is 168 g/mol. The summed E-state index contributed by atoms with van der Waals surface area (Å²) in [6, 6.07) is 3.57. The number of aromatic carboxylic acids is 1. The van der Waals surface area contributed by atoms with E-state index in [1.807, 2.05) is 17.7 Å². The molecule has 0 unspecified atom stereocenters. The minimum Gasteiger partial charge on any atom is -0.477 e. The van der Waals surface area contributed by atoms with E-state index >= 15 is 0 Å². The number of aromatic nitrogens is 1. The zero-order chi connectivity index (χ0) is 9.42. The molecule has 4 heteroatoms. The summed E-state index contributed by atoms with van der Waals surface area (Å²) in [4.78, 5) is 13.0. The molecule has 0 saturated carbocycles. The summed E-state index contributed by atoms with van der Waals surface area (Å²) < 4.78 is 1.88. The minimum absolute atomic E-state index is 0.406. The molecule has 1 aliphatic rings. The third kappa shape index (κ3) is 1.33. The van der Waals surface area contributed by atoms with Gasteiger partial charge in [-0.05, 0) is 19.2 Å². The molecule has 1 aromatic rings. The van der Waals surface area contributed by atoms with Crippen molar-refractivity contribution in [3.05, 3.63) is 23.5 Å². The maximum atomic E-state index is 10.8. The lowest BCUT2D eigenvalue weighted by molar-refractivity contribution is 0.0681. The van der Waals surface area contributed by atoms with Gasteiger partial charge in [-0.1, -0.05) is 0 Å². The van der Waals surface area contributed by atoms with Crippen LogP contribution in [0.1, 0.15) is 16.2 Å². The summed E-state index contributed by atoms with van der Waals surface area (Å²) in [7, 11) is 2.04. The van der Waals surface area contributed by atoms with Crippen LogP contribution in [0, 0.1) is 0 Å². The summed E-state index contributed by atoms with van der Waals surface area (Å²) in [6.07, 6.45) is 0. The second-order valence-electron chi connectivity index (χ2n) is 3.40. The van der Waals surface area contributed by atoms with E-state index < -0.39 is 5.97 Å². The van der Waals surface area contributed by atoms with Crippen molar-refractivity contribution in [3.8, 4) is 0 Å². The van der Waals surface area contributed by atoms with Crippen LogP contribution in [0.3, 0.4) is 0 Å². The number of carboxylic acids is 1. The highest BCUT2D eigenvalue weighted by atomic mass is 16.4. The number of hydrogen-bond donors (Lipinski definition) is 1. The Bertz CT molecular complexity index is 343. The van der Waals surface area contributed by atoms with Gasteiger partial charge in [0, 0.05) is 25.3 Å². The van der Waals surface area contributed by atoms with Gasteiger partial charge in [-0.3, -0.25) is 4.90 Å². The normalized spacial score (nSPS) is 17.0. The van der Waals surface area contributed by atoms with Crippen LogP contribution in [0.5, 0.6) is 0 Å².